The molecule has 144 valence electrons. The van der Waals surface area contributed by atoms with Crippen LogP contribution in [0.4, 0.5) is 5.69 Å². The van der Waals surface area contributed by atoms with Crippen molar-refractivity contribution in [1.29, 1.82) is 0 Å². The van der Waals surface area contributed by atoms with Crippen molar-refractivity contribution >= 4 is 28.5 Å². The molecule has 0 aliphatic carbocycles. The Bertz CT molecular complexity index is 1070. The van der Waals surface area contributed by atoms with E-state index in [4.69, 9.17) is 4.42 Å². The minimum Gasteiger partial charge on any atom is -0.422 e. The van der Waals surface area contributed by atoms with E-state index in [0.717, 1.165) is 12.0 Å². The number of carbonyl (C=O) groups is 2. The summed E-state index contributed by atoms with van der Waals surface area (Å²) in [6.45, 7) is 4.05. The van der Waals surface area contributed by atoms with Crippen molar-refractivity contribution in [3.05, 3.63) is 76.1 Å². The number of fused-ring (bicyclic) bond motifs is 1. The van der Waals surface area contributed by atoms with Gasteiger partial charge in [-0.15, -0.1) is 0 Å². The molecule has 3 aromatic rings. The zero-order valence-corrected chi connectivity index (χ0v) is 15.8. The fraction of sp³-hybridized carbons (Fsp3) is 0.227. The maximum atomic E-state index is 12.4. The van der Waals surface area contributed by atoms with E-state index in [-0.39, 0.29) is 23.9 Å². The predicted molar refractivity (Wildman–Crippen MR) is 108 cm³/mol. The van der Waals surface area contributed by atoms with Gasteiger partial charge in [-0.3, -0.25) is 9.59 Å². The number of para-hydroxylation sites is 1. The Morgan fingerprint density at radius 1 is 1.07 bits per heavy atom. The largest absolute Gasteiger partial charge is 0.422 e. The number of benzene rings is 2. The van der Waals surface area contributed by atoms with Crippen LogP contribution in [0.1, 0.15) is 36.2 Å². The summed E-state index contributed by atoms with van der Waals surface area (Å²) < 4.78 is 5.20. The first-order chi connectivity index (χ1) is 13.5. The Balaban J connectivity index is 1.70. The topological polar surface area (TPSA) is 88.4 Å². The van der Waals surface area contributed by atoms with Gasteiger partial charge in [0.05, 0.1) is 0 Å². The van der Waals surface area contributed by atoms with E-state index in [2.05, 4.69) is 10.6 Å². The molecule has 0 bridgehead atoms. The molecular formula is C22H22N2O4. The first kappa shape index (κ1) is 19.4. The first-order valence-electron chi connectivity index (χ1n) is 9.19. The van der Waals surface area contributed by atoms with Gasteiger partial charge in [0.2, 0.25) is 5.91 Å². The van der Waals surface area contributed by atoms with Crippen molar-refractivity contribution in [3.63, 3.8) is 0 Å². The van der Waals surface area contributed by atoms with Crippen molar-refractivity contribution < 1.29 is 14.0 Å². The van der Waals surface area contributed by atoms with Gasteiger partial charge in [0.1, 0.15) is 11.1 Å². The molecule has 6 heteroatoms. The predicted octanol–water partition coefficient (Wildman–Crippen LogP) is 3.71. The third-order valence-corrected chi connectivity index (χ3v) is 4.59. The van der Waals surface area contributed by atoms with Crippen LogP contribution in [0, 0.1) is 5.92 Å². The summed E-state index contributed by atoms with van der Waals surface area (Å²) in [5.74, 6) is -0.624. The minimum atomic E-state index is -0.675. The molecule has 0 saturated heterocycles. The van der Waals surface area contributed by atoms with Gasteiger partial charge in [-0.25, -0.2) is 4.79 Å². The van der Waals surface area contributed by atoms with E-state index in [0.29, 0.717) is 16.7 Å². The second-order valence-electron chi connectivity index (χ2n) is 6.67. The molecule has 0 unspecified atom stereocenters. The maximum absolute atomic E-state index is 12.4. The van der Waals surface area contributed by atoms with Crippen LogP contribution in [0.3, 0.4) is 0 Å². The molecule has 0 radical (unpaired) electrons. The van der Waals surface area contributed by atoms with Crippen molar-refractivity contribution in [3.8, 4) is 0 Å². The van der Waals surface area contributed by atoms with Gasteiger partial charge in [0, 0.05) is 23.5 Å². The highest BCUT2D eigenvalue weighted by atomic mass is 16.4. The summed E-state index contributed by atoms with van der Waals surface area (Å²) in [6, 6.07) is 15.8. The van der Waals surface area contributed by atoms with Gasteiger partial charge in [0.25, 0.3) is 5.91 Å². The van der Waals surface area contributed by atoms with E-state index in [9.17, 15) is 14.4 Å². The monoisotopic (exact) mass is 378 g/mol. The third kappa shape index (κ3) is 4.46. The van der Waals surface area contributed by atoms with Crippen LogP contribution in [0.5, 0.6) is 0 Å². The lowest BCUT2D eigenvalue weighted by Gasteiger charge is -2.11. The van der Waals surface area contributed by atoms with E-state index in [1.54, 1.807) is 36.4 Å². The number of anilines is 1. The zero-order valence-electron chi connectivity index (χ0n) is 15.8. The molecule has 1 heterocycles. The minimum absolute atomic E-state index is 0.0417. The van der Waals surface area contributed by atoms with Crippen LogP contribution in [-0.2, 0) is 11.3 Å². The molecule has 1 atom stereocenters. The maximum Gasteiger partial charge on any atom is 0.349 e. The second kappa shape index (κ2) is 8.52. The Labute approximate surface area is 162 Å². The Morgan fingerprint density at radius 3 is 2.64 bits per heavy atom. The zero-order chi connectivity index (χ0) is 20.1. The van der Waals surface area contributed by atoms with Crippen LogP contribution in [-0.4, -0.2) is 11.8 Å². The fourth-order valence-corrected chi connectivity index (χ4v) is 2.71. The molecule has 0 fully saturated rings. The molecule has 2 amide bonds. The normalized spacial score (nSPS) is 11.8. The molecule has 6 nitrogen and oxygen atoms in total. The van der Waals surface area contributed by atoms with E-state index >= 15 is 0 Å². The molecule has 0 spiro atoms. The van der Waals surface area contributed by atoms with Gasteiger partial charge in [-0.05, 0) is 36.2 Å². The van der Waals surface area contributed by atoms with Gasteiger partial charge in [-0.1, -0.05) is 44.2 Å². The molecular weight excluding hydrogens is 356 g/mol. The summed E-state index contributed by atoms with van der Waals surface area (Å²) >= 11 is 0. The molecule has 0 aliphatic heterocycles. The molecule has 3 rings (SSSR count). The van der Waals surface area contributed by atoms with Gasteiger partial charge in [0.15, 0.2) is 0 Å². The van der Waals surface area contributed by atoms with Crippen LogP contribution < -0.4 is 16.3 Å². The van der Waals surface area contributed by atoms with E-state index < -0.39 is 11.5 Å². The molecule has 2 N–H and O–H groups in total. The lowest BCUT2D eigenvalue weighted by atomic mass is 10.1. The smallest absolute Gasteiger partial charge is 0.349 e. The molecule has 28 heavy (non-hydrogen) atoms. The van der Waals surface area contributed by atoms with Crippen LogP contribution in [0.25, 0.3) is 11.0 Å². The lowest BCUT2D eigenvalue weighted by Crippen LogP contribution is -2.28. The van der Waals surface area contributed by atoms with E-state index in [1.807, 2.05) is 26.0 Å². The average Bonchev–Trinajstić information content (AvgIpc) is 2.71. The number of nitrogens with one attached hydrogen (secondary N) is 2. The molecule has 0 saturated carbocycles. The standard InChI is InChI=1S/C22H22N2O4/c1-3-14(2)20(25)24-17-9-6-7-15(11-17)13-23-21(26)18-12-16-8-4-5-10-19(16)28-22(18)27/h4-12,14H,3,13H2,1-2H3,(H,23,26)(H,24,25)/t14-/m1/s1. The number of hydrogen-bond donors (Lipinski definition) is 2. The number of carbonyl (C=O) groups excluding carboxylic acids is 2. The summed E-state index contributed by atoms with van der Waals surface area (Å²) in [5, 5.41) is 6.27. The first-order valence-corrected chi connectivity index (χ1v) is 9.19. The molecule has 1 aromatic heterocycles. The third-order valence-electron chi connectivity index (χ3n) is 4.59. The van der Waals surface area contributed by atoms with Crippen molar-refractivity contribution in [2.24, 2.45) is 5.92 Å². The quantitative estimate of drug-likeness (QED) is 0.640. The SMILES string of the molecule is CC[C@@H](C)C(=O)Nc1cccc(CNC(=O)c2cc3ccccc3oc2=O)c1. The highest BCUT2D eigenvalue weighted by Crippen LogP contribution is 2.14. The summed E-state index contributed by atoms with van der Waals surface area (Å²) in [5.41, 5.74) is 1.20. The van der Waals surface area contributed by atoms with Crippen molar-refractivity contribution in [1.82, 2.24) is 5.32 Å². The average molecular weight is 378 g/mol. The highest BCUT2D eigenvalue weighted by molar-refractivity contribution is 5.96. The second-order valence-corrected chi connectivity index (χ2v) is 6.67. The number of hydrogen-bond acceptors (Lipinski definition) is 4. The van der Waals surface area contributed by atoms with Crippen LogP contribution >= 0.6 is 0 Å². The lowest BCUT2D eigenvalue weighted by molar-refractivity contribution is -0.119. The van der Waals surface area contributed by atoms with Gasteiger partial charge < -0.3 is 15.1 Å². The number of amides is 2. The fourth-order valence-electron chi connectivity index (χ4n) is 2.71. The van der Waals surface area contributed by atoms with Crippen LogP contribution in [0.15, 0.2) is 63.8 Å². The highest BCUT2D eigenvalue weighted by Gasteiger charge is 2.14. The Morgan fingerprint density at radius 2 is 1.86 bits per heavy atom. The van der Waals surface area contributed by atoms with Gasteiger partial charge in [-0.2, -0.15) is 0 Å². The Kier molecular flexibility index (Phi) is 5.89. The Hall–Kier alpha value is -3.41. The molecule has 0 aliphatic rings. The van der Waals surface area contributed by atoms with Crippen molar-refractivity contribution in [2.45, 2.75) is 26.8 Å². The summed E-state index contributed by atoms with van der Waals surface area (Å²) in [7, 11) is 0. The van der Waals surface area contributed by atoms with E-state index in [1.165, 1.54) is 6.07 Å². The number of rotatable bonds is 6. The van der Waals surface area contributed by atoms with Crippen LogP contribution in [0.2, 0.25) is 0 Å². The summed E-state index contributed by atoms with van der Waals surface area (Å²) in [6.07, 6.45) is 0.760. The van der Waals surface area contributed by atoms with Crippen molar-refractivity contribution in [2.75, 3.05) is 5.32 Å². The van der Waals surface area contributed by atoms with Gasteiger partial charge >= 0.3 is 5.63 Å². The summed E-state index contributed by atoms with van der Waals surface area (Å²) in [4.78, 5) is 36.5. The molecule has 2 aromatic carbocycles.